The molecule has 1 aromatic heterocycles. The Hall–Kier alpha value is -0.480. The summed E-state index contributed by atoms with van der Waals surface area (Å²) in [6.07, 6.45) is 6.16. The van der Waals surface area contributed by atoms with Crippen LogP contribution in [0.4, 0.5) is 0 Å². The van der Waals surface area contributed by atoms with Crippen LogP contribution in [0.15, 0.2) is 0 Å². The summed E-state index contributed by atoms with van der Waals surface area (Å²) < 4.78 is 0. The van der Waals surface area contributed by atoms with Crippen LogP contribution in [0.2, 0.25) is 0 Å². The first kappa shape index (κ1) is 14.9. The maximum absolute atomic E-state index is 4.46. The summed E-state index contributed by atoms with van der Waals surface area (Å²) >= 11 is 1.84. The Bertz CT molecular complexity index is 398. The van der Waals surface area contributed by atoms with E-state index in [4.69, 9.17) is 0 Å². The smallest absolute Gasteiger partial charge is 0.121 e. The third-order valence-electron chi connectivity index (χ3n) is 4.16. The molecule has 4 heteroatoms. The molecule has 108 valence electrons. The maximum Gasteiger partial charge on any atom is 0.121 e. The van der Waals surface area contributed by atoms with E-state index in [2.05, 4.69) is 43.2 Å². The average molecular weight is 281 g/mol. The second kappa shape index (κ2) is 6.31. The van der Waals surface area contributed by atoms with E-state index in [0.29, 0.717) is 17.4 Å². The van der Waals surface area contributed by atoms with E-state index in [1.807, 2.05) is 11.3 Å². The van der Waals surface area contributed by atoms with E-state index >= 15 is 0 Å². The fraction of sp³-hybridized carbons (Fsp3) is 0.867. The van der Waals surface area contributed by atoms with Crippen LogP contribution in [-0.4, -0.2) is 22.8 Å². The van der Waals surface area contributed by atoms with Gasteiger partial charge in [-0.1, -0.05) is 34.1 Å². The molecule has 0 saturated heterocycles. The third-order valence-corrected chi connectivity index (χ3v) is 5.25. The topological polar surface area (TPSA) is 37.8 Å². The number of hydrogen-bond donors (Lipinski definition) is 1. The summed E-state index contributed by atoms with van der Waals surface area (Å²) in [6, 6.07) is 0.573. The molecule has 0 radical (unpaired) electrons. The van der Waals surface area contributed by atoms with Gasteiger partial charge in [-0.25, -0.2) is 0 Å². The average Bonchev–Trinajstić information content (AvgIpc) is 2.90. The first-order valence-electron chi connectivity index (χ1n) is 7.55. The number of nitrogens with zero attached hydrogens (tertiary/aromatic N) is 2. The van der Waals surface area contributed by atoms with Crippen molar-refractivity contribution in [3.63, 3.8) is 0 Å². The van der Waals surface area contributed by atoms with Gasteiger partial charge in [0, 0.05) is 18.4 Å². The predicted octanol–water partition coefficient (Wildman–Crippen LogP) is 3.76. The molecule has 0 aromatic carbocycles. The van der Waals surface area contributed by atoms with Crippen molar-refractivity contribution in [2.45, 2.75) is 71.8 Å². The first-order chi connectivity index (χ1) is 8.99. The Kier molecular flexibility index (Phi) is 4.96. The maximum atomic E-state index is 4.46. The van der Waals surface area contributed by atoms with Gasteiger partial charge in [0.2, 0.25) is 0 Å². The van der Waals surface area contributed by atoms with Crippen LogP contribution in [0.3, 0.4) is 0 Å². The standard InChI is InChI=1S/C15H27N3S/c1-11(2)16-10-6-8-13-17-18-14(19-13)12-7-5-9-15(12,3)4/h11-12,16H,5-10H2,1-4H3. The molecule has 0 bridgehead atoms. The number of rotatable bonds is 6. The van der Waals surface area contributed by atoms with Crippen molar-refractivity contribution in [1.29, 1.82) is 0 Å². The first-order valence-corrected chi connectivity index (χ1v) is 8.36. The van der Waals surface area contributed by atoms with Crippen LogP contribution in [0, 0.1) is 5.41 Å². The highest BCUT2D eigenvalue weighted by atomic mass is 32.1. The molecule has 1 unspecified atom stereocenters. The van der Waals surface area contributed by atoms with Crippen molar-refractivity contribution in [1.82, 2.24) is 15.5 Å². The lowest BCUT2D eigenvalue weighted by Crippen LogP contribution is -2.23. The zero-order chi connectivity index (χ0) is 13.9. The van der Waals surface area contributed by atoms with Gasteiger partial charge >= 0.3 is 0 Å². The zero-order valence-electron chi connectivity index (χ0n) is 12.7. The van der Waals surface area contributed by atoms with Gasteiger partial charge in [0.05, 0.1) is 0 Å². The lowest BCUT2D eigenvalue weighted by atomic mass is 9.82. The van der Waals surface area contributed by atoms with Crippen molar-refractivity contribution in [3.05, 3.63) is 10.0 Å². The van der Waals surface area contributed by atoms with Gasteiger partial charge in [-0.05, 0) is 31.2 Å². The Balaban J connectivity index is 1.85. The van der Waals surface area contributed by atoms with Gasteiger partial charge in [0.1, 0.15) is 10.0 Å². The minimum atomic E-state index is 0.413. The van der Waals surface area contributed by atoms with Gasteiger partial charge in [0.15, 0.2) is 0 Å². The molecule has 1 N–H and O–H groups in total. The Labute approximate surface area is 121 Å². The molecule has 1 atom stereocenters. The number of nitrogens with one attached hydrogen (secondary N) is 1. The second-order valence-electron chi connectivity index (χ2n) is 6.68. The highest BCUT2D eigenvalue weighted by molar-refractivity contribution is 7.11. The minimum Gasteiger partial charge on any atom is -0.315 e. The molecular formula is C15H27N3S. The highest BCUT2D eigenvalue weighted by Gasteiger charge is 2.37. The van der Waals surface area contributed by atoms with Gasteiger partial charge in [-0.2, -0.15) is 0 Å². The van der Waals surface area contributed by atoms with Crippen LogP contribution in [0.1, 0.15) is 69.3 Å². The zero-order valence-corrected chi connectivity index (χ0v) is 13.5. The Morgan fingerprint density at radius 3 is 2.79 bits per heavy atom. The molecule has 1 aromatic rings. The van der Waals surface area contributed by atoms with E-state index in [-0.39, 0.29) is 0 Å². The summed E-state index contributed by atoms with van der Waals surface area (Å²) in [7, 11) is 0. The lowest BCUT2D eigenvalue weighted by molar-refractivity contribution is 0.330. The summed E-state index contributed by atoms with van der Waals surface area (Å²) in [6.45, 7) is 10.2. The number of aryl methyl sites for hydroxylation is 1. The van der Waals surface area contributed by atoms with Crippen LogP contribution in [0.5, 0.6) is 0 Å². The molecular weight excluding hydrogens is 254 g/mol. The molecule has 1 aliphatic rings. The van der Waals surface area contributed by atoms with E-state index in [9.17, 15) is 0 Å². The van der Waals surface area contributed by atoms with Gasteiger partial charge in [-0.3, -0.25) is 0 Å². The largest absolute Gasteiger partial charge is 0.315 e. The van der Waals surface area contributed by atoms with Crippen molar-refractivity contribution < 1.29 is 0 Å². The SMILES string of the molecule is CC(C)NCCCc1nnc(C2CCCC2(C)C)s1. The van der Waals surface area contributed by atoms with Crippen molar-refractivity contribution in [3.8, 4) is 0 Å². The van der Waals surface area contributed by atoms with Crippen LogP contribution in [0.25, 0.3) is 0 Å². The van der Waals surface area contributed by atoms with E-state index < -0.39 is 0 Å². The van der Waals surface area contributed by atoms with Crippen LogP contribution >= 0.6 is 11.3 Å². The molecule has 1 fully saturated rings. The van der Waals surface area contributed by atoms with Crippen molar-refractivity contribution in [2.24, 2.45) is 5.41 Å². The fourth-order valence-corrected chi connectivity index (χ4v) is 4.15. The summed E-state index contributed by atoms with van der Waals surface area (Å²) in [4.78, 5) is 0. The second-order valence-corrected chi connectivity index (χ2v) is 7.77. The van der Waals surface area contributed by atoms with Gasteiger partial charge < -0.3 is 5.32 Å². The van der Waals surface area contributed by atoms with Crippen molar-refractivity contribution in [2.75, 3.05) is 6.54 Å². The molecule has 1 heterocycles. The molecule has 3 nitrogen and oxygen atoms in total. The lowest BCUT2D eigenvalue weighted by Gasteiger charge is -2.24. The normalized spacial score (nSPS) is 22.3. The molecule has 2 rings (SSSR count). The number of aromatic nitrogens is 2. The minimum absolute atomic E-state index is 0.413. The summed E-state index contributed by atoms with van der Waals surface area (Å²) in [5.74, 6) is 0.632. The molecule has 1 saturated carbocycles. The Morgan fingerprint density at radius 2 is 2.16 bits per heavy atom. The quantitative estimate of drug-likeness (QED) is 0.807. The monoisotopic (exact) mass is 281 g/mol. The summed E-state index contributed by atoms with van der Waals surface area (Å²) in [5.41, 5.74) is 0.413. The van der Waals surface area contributed by atoms with E-state index in [1.165, 1.54) is 29.3 Å². The van der Waals surface area contributed by atoms with Crippen molar-refractivity contribution >= 4 is 11.3 Å². The molecule has 19 heavy (non-hydrogen) atoms. The fourth-order valence-electron chi connectivity index (χ4n) is 2.92. The third kappa shape index (κ3) is 3.99. The van der Waals surface area contributed by atoms with Gasteiger partial charge in [-0.15, -0.1) is 21.5 Å². The predicted molar refractivity (Wildman–Crippen MR) is 81.7 cm³/mol. The number of hydrogen-bond acceptors (Lipinski definition) is 4. The molecule has 0 amide bonds. The molecule has 0 aliphatic heterocycles. The summed E-state index contributed by atoms with van der Waals surface area (Å²) in [5, 5.41) is 14.8. The van der Waals surface area contributed by atoms with Gasteiger partial charge in [0.25, 0.3) is 0 Å². The van der Waals surface area contributed by atoms with Crippen LogP contribution in [-0.2, 0) is 6.42 Å². The highest BCUT2D eigenvalue weighted by Crippen LogP contribution is 2.49. The molecule has 0 spiro atoms. The Morgan fingerprint density at radius 1 is 1.37 bits per heavy atom. The van der Waals surface area contributed by atoms with E-state index in [0.717, 1.165) is 19.4 Å². The van der Waals surface area contributed by atoms with Crippen LogP contribution < -0.4 is 5.32 Å². The van der Waals surface area contributed by atoms with E-state index in [1.54, 1.807) is 0 Å². The molecule has 1 aliphatic carbocycles.